The van der Waals surface area contributed by atoms with Crippen LogP contribution in [0.1, 0.15) is 115 Å². The van der Waals surface area contributed by atoms with Crippen molar-refractivity contribution in [2.75, 3.05) is 6.54 Å². The Morgan fingerprint density at radius 1 is 0.898 bits per heavy atom. The van der Waals surface area contributed by atoms with Gasteiger partial charge in [0, 0.05) is 25.0 Å². The Morgan fingerprint density at radius 3 is 2.27 bits per heavy atom. The topological polar surface area (TPSA) is 180 Å². The molecule has 268 valence electrons. The molecule has 0 spiro atoms. The van der Waals surface area contributed by atoms with Crippen LogP contribution in [0, 0.1) is 23.2 Å². The van der Waals surface area contributed by atoms with Crippen molar-refractivity contribution < 1.29 is 28.8 Å². The third kappa shape index (κ3) is 8.83. The second kappa shape index (κ2) is 15.8. The van der Waals surface area contributed by atoms with Crippen molar-refractivity contribution in [2.45, 2.75) is 135 Å². The fourth-order valence-electron chi connectivity index (χ4n) is 7.87. The minimum Gasteiger partial charge on any atom is -0.347 e. The molecule has 3 aliphatic carbocycles. The van der Waals surface area contributed by atoms with Gasteiger partial charge in [-0.25, -0.2) is 4.98 Å². The summed E-state index contributed by atoms with van der Waals surface area (Å²) < 4.78 is 0. The molecule has 1 aliphatic heterocycles. The molecule has 0 aromatic carbocycles. The van der Waals surface area contributed by atoms with E-state index in [-0.39, 0.29) is 35.4 Å². The van der Waals surface area contributed by atoms with Crippen molar-refractivity contribution in [3.05, 3.63) is 24.3 Å². The zero-order valence-corrected chi connectivity index (χ0v) is 29.3. The molecule has 2 heterocycles. The summed E-state index contributed by atoms with van der Waals surface area (Å²) in [6.07, 6.45) is 13.9. The molecule has 5 amide bonds. The first-order valence-corrected chi connectivity index (χ1v) is 18.2. The molecule has 4 aliphatic rings. The van der Waals surface area contributed by atoms with Gasteiger partial charge in [0.2, 0.25) is 23.5 Å². The average molecular weight is 680 g/mol. The van der Waals surface area contributed by atoms with Crippen molar-refractivity contribution in [2.24, 2.45) is 23.2 Å². The van der Waals surface area contributed by atoms with Gasteiger partial charge in [-0.3, -0.25) is 33.8 Å². The number of Topliss-reactive ketones (excluding diaryl/α,β-unsaturated/α-hetero) is 1. The monoisotopic (exact) mass is 679 g/mol. The molecule has 13 nitrogen and oxygen atoms in total. The maximum Gasteiger partial charge on any atom is 0.289 e. The number of carbonyl (C=O) groups excluding carboxylic acids is 6. The Labute approximate surface area is 288 Å². The van der Waals surface area contributed by atoms with Crippen LogP contribution in [0.5, 0.6) is 0 Å². The number of amides is 5. The van der Waals surface area contributed by atoms with E-state index in [1.807, 2.05) is 27.7 Å². The maximum absolute atomic E-state index is 14.6. The summed E-state index contributed by atoms with van der Waals surface area (Å²) in [6.45, 7) is 7.85. The third-order valence-electron chi connectivity index (χ3n) is 10.7. The lowest BCUT2D eigenvalue weighted by Crippen LogP contribution is -2.62. The van der Waals surface area contributed by atoms with E-state index in [1.54, 1.807) is 4.90 Å². The van der Waals surface area contributed by atoms with Gasteiger partial charge in [0.15, 0.2) is 0 Å². The van der Waals surface area contributed by atoms with Crippen LogP contribution in [0.2, 0.25) is 0 Å². The van der Waals surface area contributed by atoms with E-state index in [0.29, 0.717) is 19.4 Å². The van der Waals surface area contributed by atoms with E-state index in [2.05, 4.69) is 31.2 Å². The normalized spacial score (nSPS) is 24.2. The fraction of sp³-hybridized carbons (Fsp3) is 0.722. The molecule has 4 fully saturated rings. The summed E-state index contributed by atoms with van der Waals surface area (Å²) in [4.78, 5) is 91.4. The first kappa shape index (κ1) is 36.4. The lowest BCUT2D eigenvalue weighted by Gasteiger charge is -2.38. The van der Waals surface area contributed by atoms with Gasteiger partial charge in [-0.1, -0.05) is 59.8 Å². The van der Waals surface area contributed by atoms with Crippen LogP contribution in [0.15, 0.2) is 18.6 Å². The Bertz CT molecular complexity index is 1390. The van der Waals surface area contributed by atoms with Crippen molar-refractivity contribution in [3.8, 4) is 0 Å². The van der Waals surface area contributed by atoms with E-state index in [9.17, 15) is 28.8 Å². The third-order valence-corrected chi connectivity index (χ3v) is 10.7. The lowest BCUT2D eigenvalue weighted by atomic mass is 9.82. The molecular weight excluding hydrogens is 626 g/mol. The highest BCUT2D eigenvalue weighted by atomic mass is 16.2. The fourth-order valence-corrected chi connectivity index (χ4v) is 7.87. The van der Waals surface area contributed by atoms with Crippen molar-refractivity contribution >= 4 is 35.3 Å². The lowest BCUT2D eigenvalue weighted by molar-refractivity contribution is -0.146. The predicted octanol–water partition coefficient (Wildman–Crippen LogP) is 2.45. The summed E-state index contributed by atoms with van der Waals surface area (Å²) in [5.74, 6) is -3.20. The molecule has 13 heteroatoms. The van der Waals surface area contributed by atoms with Crippen LogP contribution < -0.4 is 21.3 Å². The van der Waals surface area contributed by atoms with Crippen molar-refractivity contribution in [1.29, 1.82) is 0 Å². The second-order valence-electron chi connectivity index (χ2n) is 15.5. The molecule has 1 aromatic rings. The number of aromatic nitrogens is 2. The first-order valence-electron chi connectivity index (χ1n) is 18.2. The summed E-state index contributed by atoms with van der Waals surface area (Å²) in [7, 11) is 0. The van der Waals surface area contributed by atoms with Gasteiger partial charge in [-0.15, -0.1) is 0 Å². The zero-order chi connectivity index (χ0) is 35.3. The average Bonchev–Trinajstić information content (AvgIpc) is 3.65. The SMILES string of the molecule is CCC[C@@H](NC(=O)[C@H]1[C@@H]2CCC[C@@H]2CN1C(=O)[C@@H](NC(=O)[C@@H](NC(=O)c1cnccn1)C1CCCCC1)C(C)(C)C)C(=O)C(=O)NC1CC1. The molecule has 6 atom stereocenters. The van der Waals surface area contributed by atoms with Crippen molar-refractivity contribution in [1.82, 2.24) is 36.1 Å². The Balaban J connectivity index is 1.36. The van der Waals surface area contributed by atoms with Gasteiger partial charge < -0.3 is 26.2 Å². The minimum absolute atomic E-state index is 0.0132. The van der Waals surface area contributed by atoms with Crippen LogP contribution >= 0.6 is 0 Å². The number of hydrogen-bond donors (Lipinski definition) is 4. The Morgan fingerprint density at radius 2 is 1.63 bits per heavy atom. The number of ketones is 1. The van der Waals surface area contributed by atoms with Gasteiger partial charge >= 0.3 is 0 Å². The van der Waals surface area contributed by atoms with E-state index in [0.717, 1.165) is 64.2 Å². The summed E-state index contributed by atoms with van der Waals surface area (Å²) >= 11 is 0. The quantitative estimate of drug-likeness (QED) is 0.230. The Hall–Kier alpha value is -3.90. The Kier molecular flexibility index (Phi) is 11.7. The molecule has 1 aromatic heterocycles. The van der Waals surface area contributed by atoms with Gasteiger partial charge in [0.05, 0.1) is 12.2 Å². The van der Waals surface area contributed by atoms with Crippen LogP contribution in [-0.4, -0.2) is 86.9 Å². The van der Waals surface area contributed by atoms with E-state index in [4.69, 9.17) is 0 Å². The van der Waals surface area contributed by atoms with Gasteiger partial charge in [0.1, 0.15) is 23.8 Å². The van der Waals surface area contributed by atoms with Gasteiger partial charge in [-0.2, -0.15) is 0 Å². The summed E-state index contributed by atoms with van der Waals surface area (Å²) in [5.41, 5.74) is -0.638. The summed E-state index contributed by atoms with van der Waals surface area (Å²) in [6, 6.07) is -3.68. The number of nitrogens with zero attached hydrogens (tertiary/aromatic N) is 3. The van der Waals surface area contributed by atoms with Crippen LogP contribution in [0.4, 0.5) is 0 Å². The van der Waals surface area contributed by atoms with E-state index >= 15 is 0 Å². The molecule has 4 N–H and O–H groups in total. The van der Waals surface area contributed by atoms with Gasteiger partial charge in [0.25, 0.3) is 11.8 Å². The number of rotatable bonds is 13. The molecule has 5 rings (SSSR count). The van der Waals surface area contributed by atoms with Gasteiger partial charge in [-0.05, 0) is 68.1 Å². The number of carbonyl (C=O) groups is 6. The second-order valence-corrected chi connectivity index (χ2v) is 15.5. The summed E-state index contributed by atoms with van der Waals surface area (Å²) in [5, 5.41) is 11.5. The van der Waals surface area contributed by atoms with Crippen LogP contribution in [0.25, 0.3) is 0 Å². The van der Waals surface area contributed by atoms with Crippen LogP contribution in [0.3, 0.4) is 0 Å². The van der Waals surface area contributed by atoms with Crippen molar-refractivity contribution in [3.63, 3.8) is 0 Å². The van der Waals surface area contributed by atoms with E-state index in [1.165, 1.54) is 18.6 Å². The molecule has 3 saturated carbocycles. The number of hydrogen-bond acceptors (Lipinski definition) is 8. The minimum atomic E-state index is -0.994. The molecule has 0 radical (unpaired) electrons. The molecule has 49 heavy (non-hydrogen) atoms. The molecule has 0 unspecified atom stereocenters. The standard InChI is InChI=1S/C36H53N7O6/c1-5-10-25(29(44)34(48)39-23-15-16-23)40-33(47)28-24-14-9-13-22(24)20-43(28)35(49)30(36(2,3)4)42-32(46)27(21-11-7-6-8-12-21)41-31(45)26-19-37-17-18-38-26/h17-19,21-25,27-28,30H,5-16,20H2,1-4H3,(H,39,48)(H,40,47)(H,41,45)(H,42,46)/t22-,24-,25-,27+,28-,30-/m1/s1. The number of nitrogens with one attached hydrogen (secondary N) is 4. The zero-order valence-electron chi connectivity index (χ0n) is 29.3. The molecule has 1 saturated heterocycles. The van der Waals surface area contributed by atoms with Crippen LogP contribution in [-0.2, 0) is 24.0 Å². The molecular formula is C36H53N7O6. The number of fused-ring (bicyclic) bond motifs is 1. The predicted molar refractivity (Wildman–Crippen MR) is 181 cm³/mol. The molecule has 0 bridgehead atoms. The number of likely N-dealkylation sites (tertiary alicyclic amines) is 1. The smallest absolute Gasteiger partial charge is 0.289 e. The highest BCUT2D eigenvalue weighted by molar-refractivity contribution is 6.38. The highest BCUT2D eigenvalue weighted by Gasteiger charge is 2.52. The first-order chi connectivity index (χ1) is 23.4. The van der Waals surface area contributed by atoms with E-state index < -0.39 is 59.0 Å². The largest absolute Gasteiger partial charge is 0.347 e. The highest BCUT2D eigenvalue weighted by Crippen LogP contribution is 2.43. The maximum atomic E-state index is 14.6.